The summed E-state index contributed by atoms with van der Waals surface area (Å²) in [6, 6.07) is 27.3. The first kappa shape index (κ1) is 32.4. The lowest BCUT2D eigenvalue weighted by Gasteiger charge is -2.60. The highest BCUT2D eigenvalue weighted by atomic mass is 127. The maximum Gasteiger partial charge on any atom is 0.260 e. The summed E-state index contributed by atoms with van der Waals surface area (Å²) in [5, 5.41) is 61.0. The number of aliphatic hydroxyl groups excluding tert-OH is 1. The smallest absolute Gasteiger partial charge is 0.260 e. The van der Waals surface area contributed by atoms with E-state index in [2.05, 4.69) is 0 Å². The Morgan fingerprint density at radius 2 is 0.889 bits per heavy atom. The summed E-state index contributed by atoms with van der Waals surface area (Å²) in [5.41, 5.74) is -12.8. The molecule has 0 amide bonds. The summed E-state index contributed by atoms with van der Waals surface area (Å²) in [7, 11) is 0. The summed E-state index contributed by atoms with van der Waals surface area (Å²) in [6.45, 7) is 0. The number of rotatable bonds is 9. The van der Waals surface area contributed by atoms with Crippen molar-refractivity contribution in [2.75, 3.05) is 0 Å². The van der Waals surface area contributed by atoms with Crippen LogP contribution in [0.3, 0.4) is 0 Å². The number of halogens is 1. The highest BCUT2D eigenvalue weighted by Gasteiger charge is 2.85. The second-order valence-corrected chi connectivity index (χ2v) is 12.0. The number of alkyl halides is 1. The van der Waals surface area contributed by atoms with E-state index in [4.69, 9.17) is 4.74 Å². The molecule has 5 rings (SSSR count). The molecule has 1 fully saturated rings. The zero-order valence-corrected chi connectivity index (χ0v) is 25.5. The Morgan fingerprint density at radius 3 is 1.29 bits per heavy atom. The molecule has 4 aromatic rings. The van der Waals surface area contributed by atoms with Crippen LogP contribution in [-0.4, -0.2) is 81.5 Å². The predicted molar refractivity (Wildman–Crippen MR) is 168 cm³/mol. The normalized spacial score (nSPS) is 28.5. The third-order valence-electron chi connectivity index (χ3n) is 7.94. The van der Waals surface area contributed by atoms with E-state index < -0.39 is 61.5 Å². The molecule has 10 nitrogen and oxygen atoms in total. The Kier molecular flexibility index (Phi) is 8.72. The van der Waals surface area contributed by atoms with Crippen molar-refractivity contribution in [1.29, 1.82) is 0 Å². The van der Waals surface area contributed by atoms with Crippen molar-refractivity contribution in [3.05, 3.63) is 144 Å². The molecule has 45 heavy (non-hydrogen) atoms. The molecule has 0 aromatic heterocycles. The van der Waals surface area contributed by atoms with E-state index >= 15 is 0 Å². The van der Waals surface area contributed by atoms with Crippen LogP contribution in [-0.2, 0) is 4.74 Å². The van der Waals surface area contributed by atoms with E-state index in [0.717, 1.165) is 22.6 Å². The van der Waals surface area contributed by atoms with Crippen LogP contribution in [0.5, 0.6) is 0 Å². The fourth-order valence-electron chi connectivity index (χ4n) is 5.59. The number of Topliss-reactive ketones (excluding diaryl/α,β-unsaturated/α-hetero) is 4. The van der Waals surface area contributed by atoms with Gasteiger partial charge in [0.15, 0.2) is 11.4 Å². The molecular formula is C34H27IO10. The van der Waals surface area contributed by atoms with Crippen molar-refractivity contribution >= 4 is 45.7 Å². The standard InChI is InChI=1S/C34H27IO10/c35-34(44)33(43,29(40)24-19-11-4-12-20-24)32(42,28(39)23-17-9-3-10-18-23)31(41,27(38)22-15-7-2-8-16-22)30(45-34)26(37)25(36)21-13-5-1-6-14-21/h1-20,26,30,37,41-44H/t26?,30-,31-,32+,33-,34-/m1/s1. The average Bonchev–Trinajstić information content (AvgIpc) is 3.08. The summed E-state index contributed by atoms with van der Waals surface area (Å²) >= 11 is 1.04. The quantitative estimate of drug-likeness (QED) is 0.0980. The molecule has 1 aliphatic heterocycles. The van der Waals surface area contributed by atoms with Gasteiger partial charge in [-0.1, -0.05) is 121 Å². The number of carbonyl (C=O) groups excluding carboxylic acids is 4. The minimum absolute atomic E-state index is 0.112. The van der Waals surface area contributed by atoms with Crippen LogP contribution in [0, 0.1) is 0 Å². The molecule has 0 spiro atoms. The molecule has 1 heterocycles. The number of ketones is 4. The SMILES string of the molecule is O=C(c1ccccc1)C(O)[C@H]1O[C@@](O)(I)[C@@](O)(C(=O)c2ccccc2)[C@](O)(C(=O)c2ccccc2)[C@@]1(O)C(=O)c1ccccc1. The highest BCUT2D eigenvalue weighted by molar-refractivity contribution is 14.1. The van der Waals surface area contributed by atoms with Gasteiger partial charge in [-0.05, 0) is 22.6 Å². The van der Waals surface area contributed by atoms with Crippen LogP contribution in [0.4, 0.5) is 0 Å². The van der Waals surface area contributed by atoms with Gasteiger partial charge in [-0.3, -0.25) is 19.2 Å². The zero-order valence-electron chi connectivity index (χ0n) is 23.4. The lowest BCUT2D eigenvalue weighted by molar-refractivity contribution is -0.360. The van der Waals surface area contributed by atoms with E-state index in [0.29, 0.717) is 0 Å². The van der Waals surface area contributed by atoms with E-state index in [-0.39, 0.29) is 16.7 Å². The third kappa shape index (κ3) is 4.97. The third-order valence-corrected chi connectivity index (χ3v) is 8.98. The van der Waals surface area contributed by atoms with Gasteiger partial charge in [-0.2, -0.15) is 0 Å². The molecule has 1 unspecified atom stereocenters. The molecule has 0 aliphatic carbocycles. The highest BCUT2D eigenvalue weighted by Crippen LogP contribution is 2.55. The Hall–Kier alpha value is -3.95. The van der Waals surface area contributed by atoms with Gasteiger partial charge in [0.05, 0.1) is 0 Å². The van der Waals surface area contributed by atoms with Gasteiger partial charge < -0.3 is 30.3 Å². The van der Waals surface area contributed by atoms with E-state index in [1.807, 2.05) is 0 Å². The molecule has 4 aromatic carbocycles. The first-order valence-corrected chi connectivity index (χ1v) is 14.7. The first-order valence-electron chi connectivity index (χ1n) is 13.7. The monoisotopic (exact) mass is 722 g/mol. The number of aliphatic hydroxyl groups is 5. The van der Waals surface area contributed by atoms with Crippen LogP contribution < -0.4 is 0 Å². The van der Waals surface area contributed by atoms with Crippen LogP contribution in [0.2, 0.25) is 0 Å². The van der Waals surface area contributed by atoms with Crippen molar-refractivity contribution < 1.29 is 49.4 Å². The lowest BCUT2D eigenvalue weighted by Crippen LogP contribution is -2.89. The van der Waals surface area contributed by atoms with Crippen molar-refractivity contribution in [2.45, 2.75) is 32.8 Å². The van der Waals surface area contributed by atoms with E-state index in [1.54, 1.807) is 6.07 Å². The summed E-state index contributed by atoms with van der Waals surface area (Å²) in [5.74, 6) is -5.70. The molecule has 1 aliphatic rings. The number of carbonyl (C=O) groups is 4. The van der Waals surface area contributed by atoms with Crippen LogP contribution >= 0.6 is 22.6 Å². The number of hydrogen-bond acceptors (Lipinski definition) is 10. The maximum absolute atomic E-state index is 14.5. The van der Waals surface area contributed by atoms with Crippen LogP contribution in [0.1, 0.15) is 41.4 Å². The van der Waals surface area contributed by atoms with Crippen molar-refractivity contribution in [3.8, 4) is 0 Å². The fraction of sp³-hybridized carbons (Fsp3) is 0.176. The van der Waals surface area contributed by atoms with Gasteiger partial charge in [0, 0.05) is 22.3 Å². The van der Waals surface area contributed by atoms with Gasteiger partial charge in [0.2, 0.25) is 28.6 Å². The minimum Gasteiger partial charge on any atom is -0.382 e. The van der Waals surface area contributed by atoms with Crippen molar-refractivity contribution in [3.63, 3.8) is 0 Å². The fourth-order valence-corrected chi connectivity index (χ4v) is 6.50. The Labute approximate surface area is 270 Å². The number of ether oxygens (including phenoxy) is 1. The van der Waals surface area contributed by atoms with Crippen LogP contribution in [0.25, 0.3) is 0 Å². The van der Waals surface area contributed by atoms with Gasteiger partial charge >= 0.3 is 0 Å². The molecule has 1 saturated heterocycles. The molecule has 6 atom stereocenters. The molecule has 11 heteroatoms. The predicted octanol–water partition coefficient (Wildman–Crippen LogP) is 2.55. The molecule has 5 N–H and O–H groups in total. The molecular weight excluding hydrogens is 695 g/mol. The summed E-state index contributed by atoms with van der Waals surface area (Å²) in [4.78, 5) is 56.7. The van der Waals surface area contributed by atoms with Gasteiger partial charge in [-0.25, -0.2) is 0 Å². The molecule has 0 bridgehead atoms. The first-order chi connectivity index (χ1) is 21.3. The van der Waals surface area contributed by atoms with Crippen LogP contribution in [0.15, 0.2) is 121 Å². The second-order valence-electron chi connectivity index (χ2n) is 10.5. The van der Waals surface area contributed by atoms with Gasteiger partial charge in [0.1, 0.15) is 12.2 Å². The number of benzene rings is 4. The van der Waals surface area contributed by atoms with Gasteiger partial charge in [0.25, 0.3) is 3.79 Å². The summed E-state index contributed by atoms with van der Waals surface area (Å²) in [6.07, 6.45) is -5.15. The molecule has 0 radical (unpaired) electrons. The number of hydrogen-bond donors (Lipinski definition) is 5. The Morgan fingerprint density at radius 1 is 0.556 bits per heavy atom. The van der Waals surface area contributed by atoms with E-state index in [1.165, 1.54) is 115 Å². The second kappa shape index (κ2) is 12.1. The summed E-state index contributed by atoms with van der Waals surface area (Å²) < 4.78 is 2.25. The molecule has 230 valence electrons. The van der Waals surface area contributed by atoms with E-state index in [9.17, 15) is 44.7 Å². The largest absolute Gasteiger partial charge is 0.382 e. The van der Waals surface area contributed by atoms with Crippen molar-refractivity contribution in [1.82, 2.24) is 0 Å². The van der Waals surface area contributed by atoms with Crippen molar-refractivity contribution in [2.24, 2.45) is 0 Å². The maximum atomic E-state index is 14.5. The van der Waals surface area contributed by atoms with Gasteiger partial charge in [-0.15, -0.1) is 0 Å². The zero-order chi connectivity index (χ0) is 32.6. The average molecular weight is 722 g/mol. The Balaban J connectivity index is 1.86. The molecule has 0 saturated carbocycles. The Bertz CT molecular complexity index is 1730. The lowest BCUT2D eigenvalue weighted by atomic mass is 9.57. The minimum atomic E-state index is -4.00. The topological polar surface area (TPSA) is 179 Å².